The second kappa shape index (κ2) is 7.91. The molecule has 4 rings (SSSR count). The van der Waals surface area contributed by atoms with Gasteiger partial charge in [-0.1, -0.05) is 17.7 Å². The van der Waals surface area contributed by atoms with E-state index in [0.717, 1.165) is 27.6 Å². The molecular formula is C20H13ClF4N4O. The Labute approximate surface area is 172 Å². The van der Waals surface area contributed by atoms with Crippen LogP contribution in [0.3, 0.4) is 0 Å². The van der Waals surface area contributed by atoms with Crippen LogP contribution in [0.1, 0.15) is 11.4 Å². The zero-order valence-corrected chi connectivity index (χ0v) is 16.0. The van der Waals surface area contributed by atoms with Crippen LogP contribution in [-0.2, 0) is 13.0 Å². The van der Waals surface area contributed by atoms with Crippen LogP contribution >= 0.6 is 11.6 Å². The fourth-order valence-electron chi connectivity index (χ4n) is 3.16. The summed E-state index contributed by atoms with van der Waals surface area (Å²) in [6.45, 7) is -0.721. The first-order valence-corrected chi connectivity index (χ1v) is 9.16. The normalized spacial score (nSPS) is 11.5. The topological polar surface area (TPSA) is 52.7 Å². The summed E-state index contributed by atoms with van der Waals surface area (Å²) in [4.78, 5) is 21.3. The molecule has 10 heteroatoms. The molecule has 5 nitrogen and oxygen atoms in total. The lowest BCUT2D eigenvalue weighted by Gasteiger charge is -2.14. The fraction of sp³-hybridized carbons (Fsp3) is 0.150. The first-order valence-electron chi connectivity index (χ1n) is 8.79. The Morgan fingerprint density at radius 2 is 1.70 bits per heavy atom. The van der Waals surface area contributed by atoms with Crippen molar-refractivity contribution in [2.75, 3.05) is 0 Å². The molecule has 0 saturated heterocycles. The van der Waals surface area contributed by atoms with Gasteiger partial charge in [-0.25, -0.2) is 27.5 Å². The average Bonchev–Trinajstić information content (AvgIpc) is 3.08. The van der Waals surface area contributed by atoms with E-state index in [4.69, 9.17) is 11.6 Å². The zero-order valence-electron chi connectivity index (χ0n) is 15.2. The van der Waals surface area contributed by atoms with Crippen LogP contribution in [0.5, 0.6) is 0 Å². The summed E-state index contributed by atoms with van der Waals surface area (Å²) < 4.78 is 56.4. The molecule has 0 saturated carbocycles. The van der Waals surface area contributed by atoms with Crippen molar-refractivity contribution < 1.29 is 17.6 Å². The van der Waals surface area contributed by atoms with Gasteiger partial charge in [-0.05, 0) is 36.4 Å². The van der Waals surface area contributed by atoms with Gasteiger partial charge in [0.15, 0.2) is 11.2 Å². The Bertz CT molecular complexity index is 1260. The fourth-order valence-corrected chi connectivity index (χ4v) is 3.28. The molecule has 0 spiro atoms. The molecule has 0 fully saturated rings. The molecule has 2 aromatic heterocycles. The van der Waals surface area contributed by atoms with Crippen LogP contribution in [0.15, 0.2) is 53.6 Å². The highest BCUT2D eigenvalue weighted by atomic mass is 35.5. The van der Waals surface area contributed by atoms with E-state index in [1.165, 1.54) is 30.3 Å². The van der Waals surface area contributed by atoms with E-state index in [-0.39, 0.29) is 29.0 Å². The third kappa shape index (κ3) is 3.68. The molecule has 4 aromatic rings. The third-order valence-corrected chi connectivity index (χ3v) is 4.78. The molecule has 30 heavy (non-hydrogen) atoms. The van der Waals surface area contributed by atoms with E-state index in [1.54, 1.807) is 0 Å². The Kier molecular flexibility index (Phi) is 5.29. The van der Waals surface area contributed by atoms with Crippen molar-refractivity contribution in [3.63, 3.8) is 0 Å². The minimum atomic E-state index is -2.70. The summed E-state index contributed by atoms with van der Waals surface area (Å²) in [6.07, 6.45) is -1.99. The number of halogens is 5. The molecule has 0 amide bonds. The smallest absolute Gasteiger partial charge is 0.286 e. The lowest BCUT2D eigenvalue weighted by Crippen LogP contribution is -2.25. The predicted octanol–water partition coefficient (Wildman–Crippen LogP) is 4.37. The zero-order chi connectivity index (χ0) is 21.4. The van der Waals surface area contributed by atoms with Gasteiger partial charge in [-0.2, -0.15) is 0 Å². The molecule has 2 aromatic carbocycles. The largest absolute Gasteiger partial charge is 0.309 e. The minimum absolute atomic E-state index is 0.0326. The monoisotopic (exact) mass is 436 g/mol. The van der Waals surface area contributed by atoms with Crippen molar-refractivity contribution in [1.82, 2.24) is 19.1 Å². The standard InChI is InChI=1S/C20H13ClF4N4O/c21-11-4-6-12(7-5-11)29-17(8-13-14(22)2-1-3-15(13)23)27-19-18(20(29)30)26-10-28(19)9-16(24)25/h1-7,10,16H,8-9H2. The van der Waals surface area contributed by atoms with Crippen LogP contribution in [0.25, 0.3) is 16.9 Å². The number of aromatic nitrogens is 4. The number of nitrogens with zero attached hydrogens (tertiary/aromatic N) is 4. The summed E-state index contributed by atoms with van der Waals surface area (Å²) in [5, 5.41) is 0.420. The quantitative estimate of drug-likeness (QED) is 0.437. The van der Waals surface area contributed by atoms with Crippen molar-refractivity contribution in [2.45, 2.75) is 19.4 Å². The molecule has 0 N–H and O–H groups in total. The van der Waals surface area contributed by atoms with Crippen LogP contribution < -0.4 is 5.56 Å². The number of alkyl halides is 2. The van der Waals surface area contributed by atoms with E-state index >= 15 is 0 Å². The summed E-state index contributed by atoms with van der Waals surface area (Å²) >= 11 is 5.91. The maximum atomic E-state index is 14.2. The Morgan fingerprint density at radius 1 is 1.03 bits per heavy atom. The van der Waals surface area contributed by atoms with E-state index in [1.807, 2.05) is 0 Å². The highest BCUT2D eigenvalue weighted by Crippen LogP contribution is 2.21. The molecule has 0 radical (unpaired) electrons. The van der Waals surface area contributed by atoms with Crippen molar-refractivity contribution in [3.05, 3.63) is 87.2 Å². The van der Waals surface area contributed by atoms with Gasteiger partial charge < -0.3 is 4.57 Å². The highest BCUT2D eigenvalue weighted by Gasteiger charge is 2.20. The maximum absolute atomic E-state index is 14.2. The molecule has 0 unspecified atom stereocenters. The number of benzene rings is 2. The van der Waals surface area contributed by atoms with Crippen molar-refractivity contribution in [1.29, 1.82) is 0 Å². The van der Waals surface area contributed by atoms with Gasteiger partial charge >= 0.3 is 0 Å². The molecular weight excluding hydrogens is 424 g/mol. The summed E-state index contributed by atoms with van der Waals surface area (Å²) in [6, 6.07) is 9.54. The Morgan fingerprint density at radius 3 is 2.33 bits per heavy atom. The van der Waals surface area contributed by atoms with Gasteiger partial charge in [0.2, 0.25) is 0 Å². The predicted molar refractivity (Wildman–Crippen MR) is 103 cm³/mol. The Balaban J connectivity index is 1.98. The van der Waals surface area contributed by atoms with Gasteiger partial charge in [0, 0.05) is 17.0 Å². The van der Waals surface area contributed by atoms with Gasteiger partial charge in [-0.15, -0.1) is 0 Å². The van der Waals surface area contributed by atoms with Gasteiger partial charge in [-0.3, -0.25) is 9.36 Å². The van der Waals surface area contributed by atoms with Crippen molar-refractivity contribution in [2.24, 2.45) is 0 Å². The average molecular weight is 437 g/mol. The first kappa shape index (κ1) is 20.1. The van der Waals surface area contributed by atoms with Crippen LogP contribution in [0.4, 0.5) is 17.6 Å². The SMILES string of the molecule is O=c1c2ncn(CC(F)F)c2nc(Cc2c(F)cccc2F)n1-c1ccc(Cl)cc1. The lowest BCUT2D eigenvalue weighted by atomic mass is 10.1. The number of rotatable bonds is 5. The van der Waals surface area contributed by atoms with Crippen LogP contribution in [0, 0.1) is 11.6 Å². The van der Waals surface area contributed by atoms with Crippen molar-refractivity contribution >= 4 is 22.8 Å². The van der Waals surface area contributed by atoms with E-state index in [9.17, 15) is 22.4 Å². The number of imidazole rings is 1. The molecule has 0 aliphatic carbocycles. The number of hydrogen-bond donors (Lipinski definition) is 0. The molecule has 0 aliphatic heterocycles. The first-order chi connectivity index (χ1) is 14.3. The third-order valence-electron chi connectivity index (χ3n) is 4.52. The van der Waals surface area contributed by atoms with E-state index in [0.29, 0.717) is 10.7 Å². The maximum Gasteiger partial charge on any atom is 0.286 e. The number of hydrogen-bond acceptors (Lipinski definition) is 3. The van der Waals surface area contributed by atoms with Crippen LogP contribution in [0.2, 0.25) is 5.02 Å². The van der Waals surface area contributed by atoms with Gasteiger partial charge in [0.25, 0.3) is 12.0 Å². The molecule has 154 valence electrons. The highest BCUT2D eigenvalue weighted by molar-refractivity contribution is 6.30. The Hall–Kier alpha value is -3.20. The lowest BCUT2D eigenvalue weighted by molar-refractivity contribution is 0.128. The molecule has 0 bridgehead atoms. The van der Waals surface area contributed by atoms with E-state index < -0.39 is 30.2 Å². The van der Waals surface area contributed by atoms with Crippen molar-refractivity contribution in [3.8, 4) is 5.69 Å². The molecule has 0 aliphatic rings. The van der Waals surface area contributed by atoms with Gasteiger partial charge in [0.05, 0.1) is 18.6 Å². The second-order valence-corrected chi connectivity index (χ2v) is 6.92. The summed E-state index contributed by atoms with van der Waals surface area (Å²) in [5.41, 5.74) is -0.831. The van der Waals surface area contributed by atoms with Gasteiger partial charge in [0.1, 0.15) is 17.5 Å². The molecule has 2 heterocycles. The minimum Gasteiger partial charge on any atom is -0.309 e. The van der Waals surface area contributed by atoms with Crippen LogP contribution in [-0.4, -0.2) is 25.5 Å². The second-order valence-electron chi connectivity index (χ2n) is 6.48. The van der Waals surface area contributed by atoms with E-state index in [2.05, 4.69) is 9.97 Å². The number of fused-ring (bicyclic) bond motifs is 1. The molecule has 0 atom stereocenters. The summed E-state index contributed by atoms with van der Waals surface area (Å²) in [5.74, 6) is -1.66. The summed E-state index contributed by atoms with van der Waals surface area (Å²) in [7, 11) is 0.